The maximum Gasteiger partial charge on any atom is 0.163 e. The van der Waals surface area contributed by atoms with E-state index in [2.05, 4.69) is 12.2 Å². The molecule has 0 aromatic heterocycles. The second-order valence-electron chi connectivity index (χ2n) is 4.60. The highest BCUT2D eigenvalue weighted by molar-refractivity contribution is 8.01. The zero-order chi connectivity index (χ0) is 10.8. The van der Waals surface area contributed by atoms with Gasteiger partial charge in [0.2, 0.25) is 0 Å². The zero-order valence-electron chi connectivity index (χ0n) is 9.19. The van der Waals surface area contributed by atoms with Crippen molar-refractivity contribution in [3.05, 3.63) is 12.2 Å². The Morgan fingerprint density at radius 2 is 2.40 bits per heavy atom. The van der Waals surface area contributed by atoms with Gasteiger partial charge in [-0.15, -0.1) is 11.8 Å². The normalized spacial score (nSPS) is 41.1. The molecule has 2 nitrogen and oxygen atoms in total. The Balaban J connectivity index is 1.92. The molecule has 1 aliphatic heterocycles. The lowest BCUT2D eigenvalue weighted by molar-refractivity contribution is -0.118. The zero-order valence-corrected chi connectivity index (χ0v) is 10.0. The van der Waals surface area contributed by atoms with Gasteiger partial charge in [0.1, 0.15) is 0 Å². The largest absolute Gasteiger partial charge is 0.321 e. The first kappa shape index (κ1) is 11.2. The molecular weight excluding hydrogens is 206 g/mol. The van der Waals surface area contributed by atoms with E-state index in [1.54, 1.807) is 11.8 Å². The van der Waals surface area contributed by atoms with Gasteiger partial charge in [0.15, 0.2) is 5.78 Å². The monoisotopic (exact) mass is 225 g/mol. The van der Waals surface area contributed by atoms with Gasteiger partial charge in [0.05, 0.1) is 11.3 Å². The van der Waals surface area contributed by atoms with Crippen LogP contribution in [0.15, 0.2) is 12.2 Å². The standard InChI is InChI=1S/C12H19NOS/c1-8-12(14)11(13)10(15-8)7-9-5-3-2-4-6-9/h3,5,8-11H,2,4,6-7,13H2,1H3. The lowest BCUT2D eigenvalue weighted by Crippen LogP contribution is -2.36. The molecule has 2 aliphatic rings. The maximum absolute atomic E-state index is 11.6. The topological polar surface area (TPSA) is 43.1 Å². The van der Waals surface area contributed by atoms with Gasteiger partial charge in [-0.25, -0.2) is 0 Å². The third-order valence-electron chi connectivity index (χ3n) is 3.40. The maximum atomic E-state index is 11.6. The molecule has 15 heavy (non-hydrogen) atoms. The van der Waals surface area contributed by atoms with Crippen molar-refractivity contribution in [3.8, 4) is 0 Å². The molecule has 4 atom stereocenters. The van der Waals surface area contributed by atoms with Crippen molar-refractivity contribution in [3.63, 3.8) is 0 Å². The fourth-order valence-electron chi connectivity index (χ4n) is 2.45. The number of hydrogen-bond acceptors (Lipinski definition) is 3. The summed E-state index contributed by atoms with van der Waals surface area (Å²) in [4.78, 5) is 11.6. The molecule has 0 spiro atoms. The Kier molecular flexibility index (Phi) is 3.52. The van der Waals surface area contributed by atoms with Gasteiger partial charge >= 0.3 is 0 Å². The quantitative estimate of drug-likeness (QED) is 0.732. The fourth-order valence-corrected chi connectivity index (χ4v) is 3.93. The fraction of sp³-hybridized carbons (Fsp3) is 0.750. The Morgan fingerprint density at radius 1 is 1.60 bits per heavy atom. The summed E-state index contributed by atoms with van der Waals surface area (Å²) in [6.45, 7) is 1.98. The van der Waals surface area contributed by atoms with Crippen molar-refractivity contribution < 1.29 is 4.79 Å². The summed E-state index contributed by atoms with van der Waals surface area (Å²) < 4.78 is 0. The van der Waals surface area contributed by atoms with Gasteiger partial charge in [-0.3, -0.25) is 4.79 Å². The van der Waals surface area contributed by atoms with Crippen molar-refractivity contribution in [1.29, 1.82) is 0 Å². The average Bonchev–Trinajstić information content (AvgIpc) is 2.48. The van der Waals surface area contributed by atoms with Crippen molar-refractivity contribution in [1.82, 2.24) is 0 Å². The van der Waals surface area contributed by atoms with E-state index in [0.717, 1.165) is 6.42 Å². The van der Waals surface area contributed by atoms with Crippen LogP contribution in [-0.4, -0.2) is 22.3 Å². The molecule has 1 aliphatic carbocycles. The van der Waals surface area contributed by atoms with Crippen LogP contribution in [0, 0.1) is 5.92 Å². The summed E-state index contributed by atoms with van der Waals surface area (Å²) in [6.07, 6.45) is 9.43. The third-order valence-corrected chi connectivity index (χ3v) is 4.87. The Morgan fingerprint density at radius 3 is 2.93 bits per heavy atom. The van der Waals surface area contributed by atoms with E-state index in [4.69, 9.17) is 5.73 Å². The highest BCUT2D eigenvalue weighted by atomic mass is 32.2. The molecule has 1 heterocycles. The lowest BCUT2D eigenvalue weighted by Gasteiger charge is -2.21. The number of nitrogens with two attached hydrogens (primary N) is 1. The first-order valence-electron chi connectivity index (χ1n) is 5.80. The van der Waals surface area contributed by atoms with E-state index >= 15 is 0 Å². The molecule has 1 fully saturated rings. The summed E-state index contributed by atoms with van der Waals surface area (Å²) >= 11 is 1.77. The molecule has 0 radical (unpaired) electrons. The first-order valence-corrected chi connectivity index (χ1v) is 6.74. The molecule has 0 saturated carbocycles. The third kappa shape index (κ3) is 2.45. The van der Waals surface area contributed by atoms with E-state index < -0.39 is 0 Å². The van der Waals surface area contributed by atoms with E-state index in [1.807, 2.05) is 6.92 Å². The van der Waals surface area contributed by atoms with Crippen LogP contribution in [0.2, 0.25) is 0 Å². The molecule has 4 unspecified atom stereocenters. The van der Waals surface area contributed by atoms with Gasteiger partial charge < -0.3 is 5.73 Å². The van der Waals surface area contributed by atoms with Gasteiger partial charge in [-0.1, -0.05) is 12.2 Å². The van der Waals surface area contributed by atoms with Crippen LogP contribution in [0.25, 0.3) is 0 Å². The van der Waals surface area contributed by atoms with Crippen LogP contribution in [0.1, 0.15) is 32.6 Å². The van der Waals surface area contributed by atoms with Crippen LogP contribution in [0.3, 0.4) is 0 Å². The van der Waals surface area contributed by atoms with E-state index in [0.29, 0.717) is 11.2 Å². The Hall–Kier alpha value is -0.280. The number of ketones is 1. The minimum Gasteiger partial charge on any atom is -0.321 e. The molecular formula is C12H19NOS. The number of carbonyl (C=O) groups is 1. The molecule has 84 valence electrons. The first-order chi connectivity index (χ1) is 7.18. The van der Waals surface area contributed by atoms with E-state index in [9.17, 15) is 4.79 Å². The van der Waals surface area contributed by atoms with Crippen LogP contribution >= 0.6 is 11.8 Å². The molecule has 2 N–H and O–H groups in total. The molecule has 0 aromatic carbocycles. The van der Waals surface area contributed by atoms with Crippen molar-refractivity contribution in [2.24, 2.45) is 11.7 Å². The minimum atomic E-state index is -0.222. The number of thioether (sulfide) groups is 1. The summed E-state index contributed by atoms with van der Waals surface area (Å²) in [6, 6.07) is -0.222. The van der Waals surface area contributed by atoms with Crippen LogP contribution in [-0.2, 0) is 4.79 Å². The van der Waals surface area contributed by atoms with Crippen LogP contribution in [0.4, 0.5) is 0 Å². The average molecular weight is 225 g/mol. The molecule has 0 amide bonds. The molecule has 1 saturated heterocycles. The lowest BCUT2D eigenvalue weighted by atomic mass is 9.89. The number of rotatable bonds is 2. The van der Waals surface area contributed by atoms with E-state index in [-0.39, 0.29) is 17.1 Å². The van der Waals surface area contributed by atoms with Crippen LogP contribution in [0.5, 0.6) is 0 Å². The van der Waals surface area contributed by atoms with Crippen molar-refractivity contribution >= 4 is 17.5 Å². The number of Topliss-reactive ketones (excluding diaryl/α,β-unsaturated/α-hetero) is 1. The van der Waals surface area contributed by atoms with Crippen LogP contribution < -0.4 is 5.73 Å². The minimum absolute atomic E-state index is 0.109. The Labute approximate surface area is 95.7 Å². The number of hydrogen-bond donors (Lipinski definition) is 1. The SMILES string of the molecule is CC1SC(CC2C=CCCC2)C(N)C1=O. The van der Waals surface area contributed by atoms with Gasteiger partial charge in [-0.2, -0.15) is 0 Å². The summed E-state index contributed by atoms with van der Waals surface area (Å²) in [7, 11) is 0. The molecule has 0 aromatic rings. The number of allylic oxidation sites excluding steroid dienone is 2. The summed E-state index contributed by atoms with van der Waals surface area (Å²) in [5, 5.41) is 0.456. The predicted octanol–water partition coefficient (Wildman–Crippen LogP) is 2.13. The van der Waals surface area contributed by atoms with E-state index in [1.165, 1.54) is 19.3 Å². The summed E-state index contributed by atoms with van der Waals surface area (Å²) in [5.41, 5.74) is 5.94. The summed E-state index contributed by atoms with van der Waals surface area (Å²) in [5.74, 6) is 0.894. The second kappa shape index (κ2) is 4.71. The second-order valence-corrected chi connectivity index (χ2v) is 6.18. The number of carbonyl (C=O) groups excluding carboxylic acids is 1. The van der Waals surface area contributed by atoms with Crippen molar-refractivity contribution in [2.75, 3.05) is 0 Å². The molecule has 2 rings (SSSR count). The molecule has 3 heteroatoms. The van der Waals surface area contributed by atoms with Gasteiger partial charge in [0, 0.05) is 5.25 Å². The van der Waals surface area contributed by atoms with Gasteiger partial charge in [-0.05, 0) is 38.5 Å². The highest BCUT2D eigenvalue weighted by Gasteiger charge is 2.38. The predicted molar refractivity (Wildman–Crippen MR) is 64.9 cm³/mol. The van der Waals surface area contributed by atoms with Gasteiger partial charge in [0.25, 0.3) is 0 Å². The molecule has 0 bridgehead atoms. The highest BCUT2D eigenvalue weighted by Crippen LogP contribution is 2.36. The smallest absolute Gasteiger partial charge is 0.163 e. The Bertz CT molecular complexity index is 277. The van der Waals surface area contributed by atoms with Crippen molar-refractivity contribution in [2.45, 2.75) is 49.1 Å².